The Hall–Kier alpha value is -2.94. The minimum atomic E-state index is -0.460. The van der Waals surface area contributed by atoms with E-state index in [2.05, 4.69) is 0 Å². The zero-order chi connectivity index (χ0) is 26.6. The van der Waals surface area contributed by atoms with Crippen molar-refractivity contribution in [1.82, 2.24) is 4.90 Å². The number of amides is 2. The highest BCUT2D eigenvalue weighted by atomic mass is 16.6. The number of ether oxygens (including phenoxy) is 7. The molecule has 0 radical (unpaired) electrons. The maximum atomic E-state index is 11.4. The largest absolute Gasteiger partial charge is 0.491 e. The summed E-state index contributed by atoms with van der Waals surface area (Å²) in [6.07, 6.45) is 2.49. The normalized spacial score (nSPS) is 13.0. The molecule has 2 amide bonds. The maximum absolute atomic E-state index is 11.4. The van der Waals surface area contributed by atoms with Crippen molar-refractivity contribution >= 4 is 17.5 Å². The SMILES string of the molecule is O=C1C=CC(=O)N1CCOCCOCCOCCOCCOCCOCCOc1ccc([N+](=O)[O-])cc1. The molecular formula is C24H34N2O11. The van der Waals surface area contributed by atoms with Gasteiger partial charge in [0.15, 0.2) is 0 Å². The fraction of sp³-hybridized carbons (Fsp3) is 0.583. The molecular weight excluding hydrogens is 492 g/mol. The Morgan fingerprint density at radius 2 is 0.973 bits per heavy atom. The smallest absolute Gasteiger partial charge is 0.269 e. The number of nitrogens with zero attached hydrogens (tertiary/aromatic N) is 2. The number of non-ortho nitro benzene ring substituents is 1. The summed E-state index contributed by atoms with van der Waals surface area (Å²) in [7, 11) is 0. The number of rotatable bonds is 23. The second kappa shape index (κ2) is 19.2. The zero-order valence-corrected chi connectivity index (χ0v) is 20.7. The summed E-state index contributed by atoms with van der Waals surface area (Å²) in [5, 5.41) is 10.6. The highest BCUT2D eigenvalue weighted by Gasteiger charge is 2.22. The topological polar surface area (TPSA) is 145 Å². The van der Waals surface area contributed by atoms with Gasteiger partial charge in [0, 0.05) is 24.3 Å². The van der Waals surface area contributed by atoms with E-state index in [1.165, 1.54) is 24.3 Å². The molecule has 0 saturated heterocycles. The molecule has 0 aromatic heterocycles. The van der Waals surface area contributed by atoms with Crippen molar-refractivity contribution in [2.24, 2.45) is 0 Å². The van der Waals surface area contributed by atoms with Crippen molar-refractivity contribution in [1.29, 1.82) is 0 Å². The summed E-state index contributed by atoms with van der Waals surface area (Å²) in [5.74, 6) is -0.0799. The predicted octanol–water partition coefficient (Wildman–Crippen LogP) is 0.998. The van der Waals surface area contributed by atoms with Crippen LogP contribution in [0.15, 0.2) is 36.4 Å². The highest BCUT2D eigenvalue weighted by molar-refractivity contribution is 6.12. The first-order valence-electron chi connectivity index (χ1n) is 11.9. The van der Waals surface area contributed by atoms with Crippen molar-refractivity contribution in [2.75, 3.05) is 92.4 Å². The van der Waals surface area contributed by atoms with Crippen molar-refractivity contribution in [3.63, 3.8) is 0 Å². The van der Waals surface area contributed by atoms with Crippen LogP contribution in [0.2, 0.25) is 0 Å². The summed E-state index contributed by atoms with van der Waals surface area (Å²) >= 11 is 0. The van der Waals surface area contributed by atoms with Crippen molar-refractivity contribution in [2.45, 2.75) is 0 Å². The van der Waals surface area contributed by atoms with Crippen LogP contribution in [-0.4, -0.2) is 114 Å². The first-order chi connectivity index (χ1) is 18.1. The molecule has 0 spiro atoms. The minimum Gasteiger partial charge on any atom is -0.491 e. The van der Waals surface area contributed by atoms with E-state index in [1.807, 2.05) is 0 Å². The van der Waals surface area contributed by atoms with Crippen LogP contribution in [-0.2, 0) is 38.0 Å². The molecule has 1 aromatic rings. The molecule has 0 N–H and O–H groups in total. The molecule has 0 bridgehead atoms. The van der Waals surface area contributed by atoms with E-state index in [0.717, 1.165) is 4.90 Å². The van der Waals surface area contributed by atoms with Gasteiger partial charge in [0.2, 0.25) is 0 Å². The Morgan fingerprint density at radius 3 is 1.38 bits per heavy atom. The Labute approximate surface area is 215 Å². The Bertz CT molecular complexity index is 814. The van der Waals surface area contributed by atoms with Gasteiger partial charge < -0.3 is 33.2 Å². The molecule has 1 aliphatic rings. The standard InChI is InChI=1S/C24H34N2O11/c27-23-5-6-24(28)25(23)7-8-31-9-10-32-11-12-33-13-14-34-15-16-35-17-18-36-19-20-37-22-3-1-21(2-4-22)26(29)30/h1-6H,7-20H2. The first-order valence-corrected chi connectivity index (χ1v) is 11.9. The molecule has 13 nitrogen and oxygen atoms in total. The molecule has 0 unspecified atom stereocenters. The lowest BCUT2D eigenvalue weighted by Crippen LogP contribution is -2.33. The van der Waals surface area contributed by atoms with E-state index >= 15 is 0 Å². The van der Waals surface area contributed by atoms with Crippen LogP contribution in [0.5, 0.6) is 5.75 Å². The van der Waals surface area contributed by atoms with E-state index in [9.17, 15) is 19.7 Å². The number of nitro groups is 1. The van der Waals surface area contributed by atoms with Crippen molar-refractivity contribution in [3.8, 4) is 5.75 Å². The third-order valence-electron chi connectivity index (χ3n) is 4.76. The number of benzene rings is 1. The van der Waals surface area contributed by atoms with Gasteiger partial charge >= 0.3 is 0 Å². The molecule has 1 aliphatic heterocycles. The lowest BCUT2D eigenvalue weighted by Gasteiger charge is -2.13. The van der Waals surface area contributed by atoms with E-state index in [1.54, 1.807) is 12.1 Å². The van der Waals surface area contributed by atoms with Crippen molar-refractivity contribution < 1.29 is 47.7 Å². The molecule has 1 aromatic carbocycles. The van der Waals surface area contributed by atoms with Crippen LogP contribution in [0.4, 0.5) is 5.69 Å². The van der Waals surface area contributed by atoms with E-state index < -0.39 is 4.92 Å². The maximum Gasteiger partial charge on any atom is 0.269 e. The number of hydrogen-bond acceptors (Lipinski definition) is 11. The van der Waals surface area contributed by atoms with Crippen molar-refractivity contribution in [3.05, 3.63) is 46.5 Å². The van der Waals surface area contributed by atoms with E-state index in [4.69, 9.17) is 33.2 Å². The number of nitro benzene ring substituents is 1. The number of carbonyl (C=O) groups is 2. The molecule has 1 heterocycles. The summed E-state index contributed by atoms with van der Waals surface area (Å²) in [6.45, 7) is 5.51. The fourth-order valence-corrected chi connectivity index (χ4v) is 2.89. The second-order valence-electron chi connectivity index (χ2n) is 7.44. The van der Waals surface area contributed by atoms with Crippen LogP contribution >= 0.6 is 0 Å². The Kier molecular flexibility index (Phi) is 15.7. The Balaban J connectivity index is 1.23. The van der Waals surface area contributed by atoms with Gasteiger partial charge in [-0.05, 0) is 12.1 Å². The van der Waals surface area contributed by atoms with Crippen LogP contribution in [0.3, 0.4) is 0 Å². The molecule has 0 atom stereocenters. The zero-order valence-electron chi connectivity index (χ0n) is 20.7. The fourth-order valence-electron chi connectivity index (χ4n) is 2.89. The Morgan fingerprint density at radius 1 is 0.595 bits per heavy atom. The summed E-state index contributed by atoms with van der Waals surface area (Å²) in [6, 6.07) is 5.87. The lowest BCUT2D eigenvalue weighted by molar-refractivity contribution is -0.384. The molecule has 13 heteroatoms. The molecule has 0 aliphatic carbocycles. The minimum absolute atomic E-state index is 0.0191. The second-order valence-corrected chi connectivity index (χ2v) is 7.44. The van der Waals surface area contributed by atoms with Gasteiger partial charge in [-0.3, -0.25) is 24.6 Å². The lowest BCUT2D eigenvalue weighted by atomic mass is 10.3. The van der Waals surface area contributed by atoms with E-state index in [0.29, 0.717) is 85.0 Å². The van der Waals surface area contributed by atoms with Gasteiger partial charge in [-0.25, -0.2) is 0 Å². The monoisotopic (exact) mass is 526 g/mol. The van der Waals surface area contributed by atoms with Crippen LogP contribution in [0.1, 0.15) is 0 Å². The van der Waals surface area contributed by atoms with E-state index in [-0.39, 0.29) is 30.7 Å². The predicted molar refractivity (Wildman–Crippen MR) is 129 cm³/mol. The average molecular weight is 527 g/mol. The third kappa shape index (κ3) is 13.8. The first kappa shape index (κ1) is 30.3. The van der Waals surface area contributed by atoms with Crippen LogP contribution in [0, 0.1) is 10.1 Å². The van der Waals surface area contributed by atoms with Crippen LogP contribution in [0.25, 0.3) is 0 Å². The number of imide groups is 1. The number of hydrogen-bond donors (Lipinski definition) is 0. The van der Waals surface area contributed by atoms with Gasteiger partial charge in [0.25, 0.3) is 17.5 Å². The highest BCUT2D eigenvalue weighted by Crippen LogP contribution is 2.17. The molecule has 37 heavy (non-hydrogen) atoms. The number of carbonyl (C=O) groups excluding carboxylic acids is 2. The summed E-state index contributed by atoms with van der Waals surface area (Å²) in [4.78, 5) is 34.0. The average Bonchev–Trinajstić information content (AvgIpc) is 3.22. The summed E-state index contributed by atoms with van der Waals surface area (Å²) < 4.78 is 37.8. The molecule has 2 rings (SSSR count). The van der Waals surface area contributed by atoms with Gasteiger partial charge in [-0.15, -0.1) is 0 Å². The molecule has 0 saturated carbocycles. The van der Waals surface area contributed by atoms with Crippen LogP contribution < -0.4 is 4.74 Å². The van der Waals surface area contributed by atoms with Gasteiger partial charge in [-0.1, -0.05) is 0 Å². The van der Waals surface area contributed by atoms with Gasteiger partial charge in [0.1, 0.15) is 12.4 Å². The summed E-state index contributed by atoms with van der Waals surface area (Å²) in [5.41, 5.74) is 0.0191. The van der Waals surface area contributed by atoms with Gasteiger partial charge in [-0.2, -0.15) is 0 Å². The third-order valence-corrected chi connectivity index (χ3v) is 4.76. The van der Waals surface area contributed by atoms with Gasteiger partial charge in [0.05, 0.1) is 90.8 Å². The molecule has 206 valence electrons. The quantitative estimate of drug-likeness (QED) is 0.0871. The molecule has 0 fully saturated rings.